The van der Waals surface area contributed by atoms with Crippen molar-refractivity contribution >= 4 is 5.91 Å². The Morgan fingerprint density at radius 2 is 1.62 bits per heavy atom. The highest BCUT2D eigenvalue weighted by Gasteiger charge is 2.82. The molecule has 0 aliphatic heterocycles. The number of aliphatic hydroxyl groups is 2. The van der Waals surface area contributed by atoms with Gasteiger partial charge in [-0.3, -0.25) is 4.79 Å². The van der Waals surface area contributed by atoms with Crippen LogP contribution in [-0.2, 0) is 0 Å². The lowest BCUT2D eigenvalue weighted by molar-refractivity contribution is -0.118. The van der Waals surface area contributed by atoms with Crippen molar-refractivity contribution in [3.8, 4) is 0 Å². The van der Waals surface area contributed by atoms with E-state index in [1.54, 1.807) is 0 Å². The summed E-state index contributed by atoms with van der Waals surface area (Å²) in [5.41, 5.74) is 0.909. The van der Waals surface area contributed by atoms with E-state index in [1.165, 1.54) is 12.8 Å². The van der Waals surface area contributed by atoms with Crippen LogP contribution in [0.4, 0.5) is 0 Å². The Balaban J connectivity index is 1.35. The summed E-state index contributed by atoms with van der Waals surface area (Å²) in [5, 5.41) is 22.5. The van der Waals surface area contributed by atoms with Crippen LogP contribution < -0.4 is 0 Å². The number of allylic oxidation sites excluding steroid dienone is 2. The molecule has 0 saturated heterocycles. The number of hydrogen-bond acceptors (Lipinski definition) is 4. The Hall–Kier alpha value is -1.69. The number of carbonyl (C=O) groups is 1. The predicted molar refractivity (Wildman–Crippen MR) is 155 cm³/mol. The molecule has 6 rings (SSSR count). The Morgan fingerprint density at radius 3 is 2.26 bits per heavy atom. The van der Waals surface area contributed by atoms with E-state index < -0.39 is 0 Å². The molecule has 1 amide bonds. The van der Waals surface area contributed by atoms with Crippen LogP contribution in [0.25, 0.3) is 0 Å². The molecule has 5 aliphatic rings. The number of benzene rings is 1. The lowest BCUT2D eigenvalue weighted by Crippen LogP contribution is -2.61. The molecular weight excluding hydrogens is 484 g/mol. The molecule has 2 spiro atoms. The fraction of sp³-hybridized carbons (Fsp3) is 0.735. The Labute approximate surface area is 235 Å². The maximum absolute atomic E-state index is 13.5. The SMILES string of the molecule is C[C@@H]([C@H]1[C@H](O)C[C@@]2(C)[C@@H]3C=C[C@H]4[C@@](C)(CO)[C@@H](N(C)C(=O)c5ccccc5)CC[C@@]45C[C@@]35CC[C@]12C)N(C)C. The van der Waals surface area contributed by atoms with Gasteiger partial charge < -0.3 is 20.0 Å². The summed E-state index contributed by atoms with van der Waals surface area (Å²) in [4.78, 5) is 17.7. The van der Waals surface area contributed by atoms with Gasteiger partial charge in [-0.05, 0) is 105 Å². The van der Waals surface area contributed by atoms with Crippen LogP contribution in [0.1, 0.15) is 76.6 Å². The van der Waals surface area contributed by atoms with Gasteiger partial charge in [0.2, 0.25) is 0 Å². The summed E-state index contributed by atoms with van der Waals surface area (Å²) < 4.78 is 0. The van der Waals surface area contributed by atoms with Crippen molar-refractivity contribution in [2.24, 2.45) is 44.8 Å². The van der Waals surface area contributed by atoms with Crippen molar-refractivity contribution in [1.82, 2.24) is 9.80 Å². The summed E-state index contributed by atoms with van der Waals surface area (Å²) in [7, 11) is 6.23. The van der Waals surface area contributed by atoms with Gasteiger partial charge in [0.1, 0.15) is 0 Å². The molecule has 5 heteroatoms. The molecule has 0 heterocycles. The van der Waals surface area contributed by atoms with Crippen molar-refractivity contribution in [2.45, 2.75) is 84.4 Å². The summed E-state index contributed by atoms with van der Waals surface area (Å²) in [5.74, 6) is 1.03. The first-order valence-electron chi connectivity index (χ1n) is 15.3. The monoisotopic (exact) mass is 534 g/mol. The van der Waals surface area contributed by atoms with E-state index in [4.69, 9.17) is 0 Å². The number of aliphatic hydroxyl groups excluding tert-OH is 2. The van der Waals surface area contributed by atoms with Crippen molar-refractivity contribution in [3.05, 3.63) is 48.0 Å². The van der Waals surface area contributed by atoms with Gasteiger partial charge >= 0.3 is 0 Å². The van der Waals surface area contributed by atoms with Crippen LogP contribution >= 0.6 is 0 Å². The number of nitrogens with zero attached hydrogens (tertiary/aromatic N) is 2. The molecule has 214 valence electrons. The number of amides is 1. The highest BCUT2D eigenvalue weighted by Crippen LogP contribution is 2.87. The van der Waals surface area contributed by atoms with Gasteiger partial charge in [0.05, 0.1) is 12.7 Å². The maximum Gasteiger partial charge on any atom is 0.253 e. The lowest BCUT2D eigenvalue weighted by Gasteiger charge is -2.62. The van der Waals surface area contributed by atoms with E-state index >= 15 is 0 Å². The first kappa shape index (κ1) is 27.5. The summed E-state index contributed by atoms with van der Waals surface area (Å²) >= 11 is 0. The molecule has 2 N–H and O–H groups in total. The molecule has 5 nitrogen and oxygen atoms in total. The van der Waals surface area contributed by atoms with Crippen LogP contribution in [0, 0.1) is 44.8 Å². The Bertz CT molecular complexity index is 1170. The van der Waals surface area contributed by atoms with Crippen LogP contribution in [0.2, 0.25) is 0 Å². The molecule has 0 aromatic heterocycles. The fourth-order valence-corrected chi connectivity index (χ4v) is 11.5. The van der Waals surface area contributed by atoms with Gasteiger partial charge in [0, 0.05) is 36.0 Å². The first-order valence-corrected chi connectivity index (χ1v) is 15.3. The number of carbonyl (C=O) groups excluding carboxylic acids is 1. The van der Waals surface area contributed by atoms with Gasteiger partial charge in [-0.1, -0.05) is 51.1 Å². The quantitative estimate of drug-likeness (QED) is 0.508. The second-order valence-corrected chi connectivity index (χ2v) is 15.2. The summed E-state index contributed by atoms with van der Waals surface area (Å²) in [6, 6.07) is 9.88. The van der Waals surface area contributed by atoms with Crippen molar-refractivity contribution in [1.29, 1.82) is 0 Å². The molecule has 39 heavy (non-hydrogen) atoms. The summed E-state index contributed by atoms with van der Waals surface area (Å²) in [6.07, 6.45) is 11.2. The third-order valence-corrected chi connectivity index (χ3v) is 13.9. The highest BCUT2D eigenvalue weighted by atomic mass is 16.3. The molecule has 4 saturated carbocycles. The standard InChI is InChI=1S/C34H50N2O3/c1-22(35(5)6)28-24(38)19-32(4)26-14-13-25-30(2,21-37)27(36(7)29(39)23-11-9-8-10-12-23)15-16-33(25)20-34(26,33)18-17-31(28,32)3/h8-14,22,24-28,37-38H,15-21H2,1-7H3/t22-,24+,25-,26-,27-,28-,30+,31+,32-,33+,34-/m0/s1. The zero-order valence-corrected chi connectivity index (χ0v) is 25.2. The zero-order valence-electron chi connectivity index (χ0n) is 25.2. The third-order valence-electron chi connectivity index (χ3n) is 13.9. The normalized spacial score (nSPS) is 48.5. The predicted octanol–water partition coefficient (Wildman–Crippen LogP) is 5.24. The number of hydrogen-bond donors (Lipinski definition) is 2. The Morgan fingerprint density at radius 1 is 0.974 bits per heavy atom. The molecule has 5 aliphatic carbocycles. The van der Waals surface area contributed by atoms with E-state index in [1.807, 2.05) is 42.3 Å². The second kappa shape index (κ2) is 8.66. The first-order chi connectivity index (χ1) is 18.3. The topological polar surface area (TPSA) is 64.0 Å². The van der Waals surface area contributed by atoms with Gasteiger partial charge in [-0.2, -0.15) is 0 Å². The molecule has 0 unspecified atom stereocenters. The third kappa shape index (κ3) is 3.27. The molecule has 1 aromatic rings. The molecule has 11 atom stereocenters. The maximum atomic E-state index is 13.5. The average molecular weight is 535 g/mol. The minimum Gasteiger partial charge on any atom is -0.396 e. The van der Waals surface area contributed by atoms with Crippen LogP contribution in [0.5, 0.6) is 0 Å². The van der Waals surface area contributed by atoms with E-state index in [-0.39, 0.29) is 63.6 Å². The minimum absolute atomic E-state index is 0.00671. The van der Waals surface area contributed by atoms with E-state index in [9.17, 15) is 15.0 Å². The molecular formula is C34H50N2O3. The van der Waals surface area contributed by atoms with Gasteiger partial charge in [0.15, 0.2) is 0 Å². The minimum atomic E-state index is -0.388. The van der Waals surface area contributed by atoms with Crippen molar-refractivity contribution in [2.75, 3.05) is 27.7 Å². The van der Waals surface area contributed by atoms with Gasteiger partial charge in [-0.25, -0.2) is 0 Å². The highest BCUT2D eigenvalue weighted by molar-refractivity contribution is 5.94. The van der Waals surface area contributed by atoms with Crippen molar-refractivity contribution < 1.29 is 15.0 Å². The van der Waals surface area contributed by atoms with Gasteiger partial charge in [-0.15, -0.1) is 0 Å². The van der Waals surface area contributed by atoms with Crippen LogP contribution in [-0.4, -0.2) is 71.9 Å². The molecule has 0 radical (unpaired) electrons. The number of rotatable bonds is 5. The Kier molecular flexibility index (Phi) is 6.10. The lowest BCUT2D eigenvalue weighted by atomic mass is 9.43. The second-order valence-electron chi connectivity index (χ2n) is 15.2. The largest absolute Gasteiger partial charge is 0.396 e. The average Bonchev–Trinajstić information content (AvgIpc) is 3.52. The van der Waals surface area contributed by atoms with E-state index in [0.29, 0.717) is 17.5 Å². The van der Waals surface area contributed by atoms with E-state index in [2.05, 4.69) is 58.8 Å². The number of fused-ring (bicyclic) bond motifs is 2. The van der Waals surface area contributed by atoms with Crippen LogP contribution in [0.3, 0.4) is 0 Å². The molecule has 0 bridgehead atoms. The fourth-order valence-electron chi connectivity index (χ4n) is 11.5. The molecule has 1 aromatic carbocycles. The van der Waals surface area contributed by atoms with Crippen LogP contribution in [0.15, 0.2) is 42.5 Å². The van der Waals surface area contributed by atoms with Gasteiger partial charge in [0.25, 0.3) is 5.91 Å². The molecule has 4 fully saturated rings. The smallest absolute Gasteiger partial charge is 0.253 e. The van der Waals surface area contributed by atoms with Crippen molar-refractivity contribution in [3.63, 3.8) is 0 Å². The van der Waals surface area contributed by atoms with E-state index in [0.717, 1.165) is 25.7 Å². The zero-order chi connectivity index (χ0) is 28.2. The summed E-state index contributed by atoms with van der Waals surface area (Å²) in [6.45, 7) is 9.58.